The second-order valence-corrected chi connectivity index (χ2v) is 10.6. The van der Waals surface area contributed by atoms with E-state index < -0.39 is 20.7 Å². The van der Waals surface area contributed by atoms with Crippen LogP contribution >= 0.6 is 15.9 Å². The summed E-state index contributed by atoms with van der Waals surface area (Å²) in [5.41, 5.74) is 0.971. The van der Waals surface area contributed by atoms with Crippen LogP contribution in [-0.4, -0.2) is 52.9 Å². The van der Waals surface area contributed by atoms with Crippen LogP contribution in [-0.2, 0) is 14.6 Å². The number of hydrogen-bond acceptors (Lipinski definition) is 10. The Morgan fingerprint density at radius 2 is 1.59 bits per heavy atom. The van der Waals surface area contributed by atoms with Crippen molar-refractivity contribution in [3.05, 3.63) is 93.6 Å². The van der Waals surface area contributed by atoms with E-state index in [1.54, 1.807) is 48.5 Å². The summed E-state index contributed by atoms with van der Waals surface area (Å²) in [6.07, 6.45) is 0. The Bertz CT molecular complexity index is 1530. The first-order valence-electron chi connectivity index (χ1n) is 11.5. The van der Waals surface area contributed by atoms with Gasteiger partial charge < -0.3 is 24.2 Å². The Labute approximate surface area is 232 Å². The molecule has 204 valence electrons. The van der Waals surface area contributed by atoms with Crippen LogP contribution in [0.25, 0.3) is 0 Å². The number of carbonyl (C=O) groups is 1. The highest BCUT2D eigenvalue weighted by Gasteiger charge is 2.35. The van der Waals surface area contributed by atoms with Crippen molar-refractivity contribution in [2.75, 3.05) is 33.5 Å². The van der Waals surface area contributed by atoms with Crippen LogP contribution in [0.5, 0.6) is 17.4 Å². The number of methoxy groups -OCH3 is 1. The molecule has 0 saturated heterocycles. The number of aromatic nitrogens is 2. The van der Waals surface area contributed by atoms with Gasteiger partial charge in [-0.25, -0.2) is 8.42 Å². The number of halogens is 1. The minimum Gasteiger partial charge on any atom is -0.493 e. The molecule has 4 rings (SSSR count). The van der Waals surface area contributed by atoms with Gasteiger partial charge in [0, 0.05) is 15.6 Å². The van der Waals surface area contributed by atoms with Crippen molar-refractivity contribution in [3.63, 3.8) is 0 Å². The standard InChI is InChI=1S/C26H23BrN2O9S/c1-34-22-12-9-19(24(30)18-7-10-20(27)11-8-18)17-23(22)36-15-13-35-14-16-37-25-26(29(31)38-28-25)39(32,33)21-5-3-2-4-6-21/h2-12,17H,13-16H2,1H3. The molecule has 0 saturated carbocycles. The molecule has 3 aromatic carbocycles. The normalized spacial score (nSPS) is 11.2. The molecule has 0 spiro atoms. The Hall–Kier alpha value is -3.94. The summed E-state index contributed by atoms with van der Waals surface area (Å²) in [5.74, 6) is 0.198. The second-order valence-electron chi connectivity index (χ2n) is 7.87. The molecule has 0 bridgehead atoms. The van der Waals surface area contributed by atoms with Crippen molar-refractivity contribution in [2.45, 2.75) is 9.92 Å². The Kier molecular flexibility index (Phi) is 9.17. The summed E-state index contributed by atoms with van der Waals surface area (Å²) in [4.78, 5) is 12.5. The smallest absolute Gasteiger partial charge is 0.415 e. The summed E-state index contributed by atoms with van der Waals surface area (Å²) in [6, 6.07) is 19.3. The number of nitrogens with zero attached hydrogens (tertiary/aromatic N) is 2. The highest BCUT2D eigenvalue weighted by Crippen LogP contribution is 2.29. The molecule has 0 aliphatic rings. The maximum absolute atomic E-state index is 12.8. The fourth-order valence-electron chi connectivity index (χ4n) is 3.45. The Morgan fingerprint density at radius 3 is 2.28 bits per heavy atom. The predicted molar refractivity (Wildman–Crippen MR) is 140 cm³/mol. The summed E-state index contributed by atoms with van der Waals surface area (Å²) in [6.45, 7) is 0.209. The molecular weight excluding hydrogens is 596 g/mol. The monoisotopic (exact) mass is 618 g/mol. The number of rotatable bonds is 13. The van der Waals surface area contributed by atoms with E-state index in [1.807, 2.05) is 0 Å². The molecule has 39 heavy (non-hydrogen) atoms. The fraction of sp³-hybridized carbons (Fsp3) is 0.192. The number of carbonyl (C=O) groups excluding carboxylic acids is 1. The van der Waals surface area contributed by atoms with E-state index in [0.29, 0.717) is 22.6 Å². The SMILES string of the molecule is COc1ccc(C(=O)c2ccc(Br)cc2)cc1OCCOCCOc1no[n+]([O-])c1S(=O)(=O)c1ccccc1. The van der Waals surface area contributed by atoms with Crippen LogP contribution in [0.4, 0.5) is 0 Å². The quantitative estimate of drug-likeness (QED) is 0.124. The molecule has 0 radical (unpaired) electrons. The predicted octanol–water partition coefficient (Wildman–Crippen LogP) is 3.62. The van der Waals surface area contributed by atoms with Crippen molar-refractivity contribution in [2.24, 2.45) is 0 Å². The highest BCUT2D eigenvalue weighted by molar-refractivity contribution is 9.10. The van der Waals surface area contributed by atoms with Gasteiger partial charge in [0.2, 0.25) is 0 Å². The van der Waals surface area contributed by atoms with Crippen LogP contribution < -0.4 is 19.1 Å². The van der Waals surface area contributed by atoms with Gasteiger partial charge in [0.15, 0.2) is 17.3 Å². The zero-order valence-electron chi connectivity index (χ0n) is 20.6. The van der Waals surface area contributed by atoms with Gasteiger partial charge in [0.25, 0.3) is 9.84 Å². The first-order valence-corrected chi connectivity index (χ1v) is 13.8. The molecule has 0 atom stereocenters. The lowest BCUT2D eigenvalue weighted by Gasteiger charge is -2.12. The summed E-state index contributed by atoms with van der Waals surface area (Å²) >= 11 is 3.35. The molecule has 0 fully saturated rings. The van der Waals surface area contributed by atoms with Crippen molar-refractivity contribution in [1.82, 2.24) is 5.16 Å². The third-order valence-electron chi connectivity index (χ3n) is 5.34. The van der Waals surface area contributed by atoms with Crippen molar-refractivity contribution >= 4 is 31.6 Å². The number of sulfone groups is 1. The van der Waals surface area contributed by atoms with Gasteiger partial charge in [-0.2, -0.15) is 0 Å². The molecule has 4 aromatic rings. The van der Waals surface area contributed by atoms with Crippen LogP contribution in [0.3, 0.4) is 0 Å². The zero-order chi connectivity index (χ0) is 27.8. The van der Waals surface area contributed by atoms with Crippen LogP contribution in [0.15, 0.2) is 91.8 Å². The van der Waals surface area contributed by atoms with Crippen molar-refractivity contribution in [3.8, 4) is 17.4 Å². The second kappa shape index (κ2) is 12.7. The van der Waals surface area contributed by atoms with Crippen LogP contribution in [0.2, 0.25) is 0 Å². The van der Waals surface area contributed by atoms with E-state index in [9.17, 15) is 18.4 Å². The lowest BCUT2D eigenvalue weighted by molar-refractivity contribution is -0.832. The van der Waals surface area contributed by atoms with Gasteiger partial charge in [-0.3, -0.25) is 9.42 Å². The zero-order valence-corrected chi connectivity index (χ0v) is 23.0. The van der Waals surface area contributed by atoms with Crippen molar-refractivity contribution in [1.29, 1.82) is 0 Å². The van der Waals surface area contributed by atoms with E-state index in [2.05, 4.69) is 25.7 Å². The van der Waals surface area contributed by atoms with Crippen LogP contribution in [0.1, 0.15) is 15.9 Å². The Balaban J connectivity index is 1.28. The molecule has 0 unspecified atom stereocenters. The number of ketones is 1. The summed E-state index contributed by atoms with van der Waals surface area (Å²) in [5, 5.41) is 14.6. The summed E-state index contributed by atoms with van der Waals surface area (Å²) < 4.78 is 52.7. The molecule has 11 nitrogen and oxygen atoms in total. The van der Waals surface area contributed by atoms with E-state index in [-0.39, 0.29) is 42.0 Å². The molecular formula is C26H23BrN2O9S. The van der Waals surface area contributed by atoms with E-state index >= 15 is 0 Å². The lowest BCUT2D eigenvalue weighted by atomic mass is 10.0. The Morgan fingerprint density at radius 1 is 0.923 bits per heavy atom. The van der Waals surface area contributed by atoms with Gasteiger partial charge in [0.1, 0.15) is 13.2 Å². The van der Waals surface area contributed by atoms with E-state index in [0.717, 1.165) is 4.47 Å². The molecule has 1 aromatic heterocycles. The third-order valence-corrected chi connectivity index (χ3v) is 7.59. The molecule has 1 heterocycles. The average Bonchev–Trinajstić information content (AvgIpc) is 3.33. The maximum atomic E-state index is 12.8. The minimum absolute atomic E-state index is 0.0408. The highest BCUT2D eigenvalue weighted by atomic mass is 79.9. The molecule has 0 N–H and O–H groups in total. The average molecular weight is 619 g/mol. The summed E-state index contributed by atoms with van der Waals surface area (Å²) in [7, 11) is -2.71. The minimum atomic E-state index is -4.20. The van der Waals surface area contributed by atoms with E-state index in [1.165, 1.54) is 31.4 Å². The van der Waals surface area contributed by atoms with Gasteiger partial charge in [-0.15, -0.1) is 0 Å². The largest absolute Gasteiger partial charge is 0.493 e. The van der Waals surface area contributed by atoms with Crippen LogP contribution in [0, 0.1) is 5.21 Å². The van der Waals surface area contributed by atoms with Gasteiger partial charge in [0.05, 0.1) is 30.4 Å². The molecule has 0 aliphatic carbocycles. The number of hydrogen-bond donors (Lipinski definition) is 0. The first-order chi connectivity index (χ1) is 18.8. The van der Waals surface area contributed by atoms with E-state index in [4.69, 9.17) is 18.9 Å². The molecule has 0 amide bonds. The van der Waals surface area contributed by atoms with Gasteiger partial charge >= 0.3 is 10.9 Å². The third kappa shape index (κ3) is 6.74. The molecule has 0 aliphatic heterocycles. The lowest BCUT2D eigenvalue weighted by Crippen LogP contribution is -2.31. The van der Waals surface area contributed by atoms with Crippen molar-refractivity contribution < 1.29 is 41.7 Å². The van der Waals surface area contributed by atoms with Gasteiger partial charge in [-0.1, -0.05) is 34.1 Å². The first kappa shape index (κ1) is 28.1. The number of benzene rings is 3. The number of ether oxygens (including phenoxy) is 4. The fourth-order valence-corrected chi connectivity index (χ4v) is 5.01. The topological polar surface area (TPSA) is 141 Å². The molecule has 13 heteroatoms. The maximum Gasteiger partial charge on any atom is 0.415 e. The van der Waals surface area contributed by atoms with Gasteiger partial charge in [-0.05, 0) is 59.5 Å².